The molecule has 0 fully saturated rings. The molecule has 1 amide bonds. The van der Waals surface area contributed by atoms with Crippen LogP contribution in [-0.4, -0.2) is 35.4 Å². The van der Waals surface area contributed by atoms with Gasteiger partial charge in [0.1, 0.15) is 0 Å². The largest absolute Gasteiger partial charge is 0.493 e. The molecule has 1 aromatic heterocycles. The number of rotatable bonds is 6. The molecule has 0 bridgehead atoms. The Morgan fingerprint density at radius 1 is 1.15 bits per heavy atom. The third-order valence-electron chi connectivity index (χ3n) is 4.73. The summed E-state index contributed by atoms with van der Waals surface area (Å²) in [5.74, 6) is -0.362. The van der Waals surface area contributed by atoms with Crippen LogP contribution < -0.4 is 14.9 Å². The quantitative estimate of drug-likeness (QED) is 0.214. The van der Waals surface area contributed by atoms with Crippen LogP contribution in [0.2, 0.25) is 0 Å². The summed E-state index contributed by atoms with van der Waals surface area (Å²) >= 11 is 3.41. The Balaban J connectivity index is 1.71. The van der Waals surface area contributed by atoms with Crippen molar-refractivity contribution in [3.05, 3.63) is 75.0 Å². The lowest BCUT2D eigenvalue weighted by Gasteiger charge is -2.14. The second-order valence-electron chi connectivity index (χ2n) is 8.41. The zero-order valence-electron chi connectivity index (χ0n) is 19.0. The average Bonchev–Trinajstić information content (AvgIpc) is 3.27. The van der Waals surface area contributed by atoms with E-state index in [1.807, 2.05) is 39.8 Å². The fourth-order valence-corrected chi connectivity index (χ4v) is 3.34. The molecular formula is C24H25BrN4O4. The Bertz CT molecular complexity index is 1190. The number of hydrogen-bond donors (Lipinski definition) is 2. The van der Waals surface area contributed by atoms with Gasteiger partial charge in [0.2, 0.25) is 0 Å². The summed E-state index contributed by atoms with van der Waals surface area (Å²) in [7, 11) is 1.47. The lowest BCUT2D eigenvalue weighted by molar-refractivity contribution is 0.0728. The number of aromatic amines is 1. The zero-order valence-corrected chi connectivity index (χ0v) is 20.6. The maximum atomic E-state index is 12.5. The van der Waals surface area contributed by atoms with Gasteiger partial charge in [-0.25, -0.2) is 10.2 Å². The van der Waals surface area contributed by atoms with Gasteiger partial charge in [0, 0.05) is 11.1 Å². The first-order valence-corrected chi connectivity index (χ1v) is 10.9. The van der Waals surface area contributed by atoms with Crippen LogP contribution in [0, 0.1) is 6.92 Å². The third kappa shape index (κ3) is 6.07. The van der Waals surface area contributed by atoms with Crippen LogP contribution in [0.5, 0.6) is 11.5 Å². The number of nitrogens with zero attached hydrogens (tertiary/aromatic N) is 2. The van der Waals surface area contributed by atoms with E-state index < -0.39 is 11.9 Å². The van der Waals surface area contributed by atoms with Crippen LogP contribution in [0.4, 0.5) is 0 Å². The van der Waals surface area contributed by atoms with E-state index in [-0.39, 0.29) is 16.9 Å². The van der Waals surface area contributed by atoms with Gasteiger partial charge >= 0.3 is 5.97 Å². The highest BCUT2D eigenvalue weighted by Crippen LogP contribution is 2.37. The summed E-state index contributed by atoms with van der Waals surface area (Å²) in [6.07, 6.45) is 1.45. The second-order valence-corrected chi connectivity index (χ2v) is 9.26. The minimum atomic E-state index is -0.503. The number of carbonyl (C=O) groups excluding carboxylic acids is 2. The van der Waals surface area contributed by atoms with Gasteiger partial charge in [0.15, 0.2) is 17.2 Å². The van der Waals surface area contributed by atoms with Crippen LogP contribution in [0.15, 0.2) is 52.0 Å². The van der Waals surface area contributed by atoms with Gasteiger partial charge in [-0.05, 0) is 58.7 Å². The number of nitrogens with one attached hydrogen (secondary N) is 2. The molecule has 1 heterocycles. The van der Waals surface area contributed by atoms with E-state index >= 15 is 0 Å². The first-order valence-electron chi connectivity index (χ1n) is 10.1. The molecule has 0 radical (unpaired) electrons. The molecule has 0 unspecified atom stereocenters. The summed E-state index contributed by atoms with van der Waals surface area (Å²) in [4.78, 5) is 24.8. The van der Waals surface area contributed by atoms with Gasteiger partial charge in [0.25, 0.3) is 5.91 Å². The van der Waals surface area contributed by atoms with Crippen molar-refractivity contribution < 1.29 is 19.1 Å². The Hall–Kier alpha value is -3.46. The topological polar surface area (TPSA) is 106 Å². The van der Waals surface area contributed by atoms with E-state index in [0.29, 0.717) is 21.3 Å². The van der Waals surface area contributed by atoms with Crippen molar-refractivity contribution in [1.29, 1.82) is 0 Å². The summed E-state index contributed by atoms with van der Waals surface area (Å²) in [6, 6.07) is 12.1. The van der Waals surface area contributed by atoms with Crippen LogP contribution in [0.25, 0.3) is 0 Å². The molecule has 0 aliphatic heterocycles. The Labute approximate surface area is 200 Å². The Morgan fingerprint density at radius 3 is 2.45 bits per heavy atom. The summed E-state index contributed by atoms with van der Waals surface area (Å²) in [6.45, 7) is 8.00. The zero-order chi connectivity index (χ0) is 24.2. The number of esters is 1. The van der Waals surface area contributed by atoms with E-state index in [0.717, 1.165) is 11.3 Å². The Morgan fingerprint density at radius 2 is 1.85 bits per heavy atom. The number of aryl methyl sites for hydroxylation is 1. The average molecular weight is 513 g/mol. The predicted octanol–water partition coefficient (Wildman–Crippen LogP) is 4.77. The van der Waals surface area contributed by atoms with E-state index in [9.17, 15) is 9.59 Å². The minimum Gasteiger partial charge on any atom is -0.493 e. The van der Waals surface area contributed by atoms with E-state index in [4.69, 9.17) is 9.47 Å². The second kappa shape index (κ2) is 9.99. The molecule has 0 aliphatic carbocycles. The molecule has 9 heteroatoms. The molecule has 2 aromatic carbocycles. The minimum absolute atomic E-state index is 0.151. The predicted molar refractivity (Wildman–Crippen MR) is 129 cm³/mol. The highest BCUT2D eigenvalue weighted by atomic mass is 79.9. The fraction of sp³-hybridized carbons (Fsp3) is 0.250. The summed E-state index contributed by atoms with van der Waals surface area (Å²) in [5, 5.41) is 10.9. The SMILES string of the molecule is COc1cc(C=NNC(=O)c2cc(C(C)(C)C)[nH]n2)cc(Br)c1OC(=O)c1ccc(C)cc1. The van der Waals surface area contributed by atoms with Crippen molar-refractivity contribution in [3.8, 4) is 11.5 Å². The molecule has 0 spiro atoms. The summed E-state index contributed by atoms with van der Waals surface area (Å²) in [5.41, 5.74) is 5.48. The highest BCUT2D eigenvalue weighted by molar-refractivity contribution is 9.10. The molecule has 0 aliphatic rings. The van der Waals surface area contributed by atoms with Crippen molar-refractivity contribution in [2.75, 3.05) is 7.11 Å². The van der Waals surface area contributed by atoms with Gasteiger partial charge in [-0.3, -0.25) is 9.89 Å². The first-order chi connectivity index (χ1) is 15.6. The molecule has 2 N–H and O–H groups in total. The number of benzene rings is 2. The van der Waals surface area contributed by atoms with Crippen LogP contribution in [0.3, 0.4) is 0 Å². The highest BCUT2D eigenvalue weighted by Gasteiger charge is 2.19. The van der Waals surface area contributed by atoms with E-state index in [1.165, 1.54) is 13.3 Å². The monoisotopic (exact) mass is 512 g/mol. The molecule has 172 valence electrons. The molecule has 3 aromatic rings. The van der Waals surface area contributed by atoms with Gasteiger partial charge in [-0.1, -0.05) is 38.5 Å². The van der Waals surface area contributed by atoms with Crippen molar-refractivity contribution in [2.45, 2.75) is 33.1 Å². The number of H-pyrrole nitrogens is 1. The van der Waals surface area contributed by atoms with E-state index in [1.54, 1.807) is 30.3 Å². The normalized spacial score (nSPS) is 11.5. The van der Waals surface area contributed by atoms with Crippen molar-refractivity contribution >= 4 is 34.0 Å². The third-order valence-corrected chi connectivity index (χ3v) is 5.32. The molecular weight excluding hydrogens is 488 g/mol. The maximum absolute atomic E-state index is 12.5. The van der Waals surface area contributed by atoms with Crippen molar-refractivity contribution in [1.82, 2.24) is 15.6 Å². The molecule has 0 atom stereocenters. The molecule has 0 saturated heterocycles. The number of carbonyl (C=O) groups is 2. The van der Waals surface area contributed by atoms with E-state index in [2.05, 4.69) is 36.7 Å². The van der Waals surface area contributed by atoms with Crippen molar-refractivity contribution in [3.63, 3.8) is 0 Å². The molecule has 0 saturated carbocycles. The number of ether oxygens (including phenoxy) is 2. The van der Waals surface area contributed by atoms with Gasteiger partial charge < -0.3 is 9.47 Å². The molecule has 8 nitrogen and oxygen atoms in total. The number of hydrazone groups is 1. The van der Waals surface area contributed by atoms with Crippen LogP contribution in [-0.2, 0) is 5.41 Å². The van der Waals surface area contributed by atoms with Crippen molar-refractivity contribution in [2.24, 2.45) is 5.10 Å². The molecule has 3 rings (SSSR count). The number of amides is 1. The van der Waals surface area contributed by atoms with Gasteiger partial charge in [-0.2, -0.15) is 10.2 Å². The lowest BCUT2D eigenvalue weighted by atomic mass is 9.92. The standard InChI is InChI=1S/C24H25BrN4O4/c1-14-6-8-16(9-7-14)23(31)33-21-17(25)10-15(11-19(21)32-5)13-26-29-22(30)18-12-20(28-27-18)24(2,3)4/h6-13H,1-5H3,(H,27,28)(H,29,30). The van der Waals surface area contributed by atoms with Crippen LogP contribution >= 0.6 is 15.9 Å². The van der Waals surface area contributed by atoms with Crippen LogP contribution in [0.1, 0.15) is 58.4 Å². The Kier molecular flexibility index (Phi) is 7.33. The lowest BCUT2D eigenvalue weighted by Crippen LogP contribution is -2.18. The first kappa shape index (κ1) is 24.2. The number of methoxy groups -OCH3 is 1. The molecule has 33 heavy (non-hydrogen) atoms. The maximum Gasteiger partial charge on any atom is 0.343 e. The smallest absolute Gasteiger partial charge is 0.343 e. The number of halogens is 1. The number of hydrogen-bond acceptors (Lipinski definition) is 6. The number of aromatic nitrogens is 2. The fourth-order valence-electron chi connectivity index (χ4n) is 2.80. The summed E-state index contributed by atoms with van der Waals surface area (Å²) < 4.78 is 11.4. The van der Waals surface area contributed by atoms with Gasteiger partial charge in [0.05, 0.1) is 23.4 Å². The van der Waals surface area contributed by atoms with Gasteiger partial charge in [-0.15, -0.1) is 0 Å².